The molecule has 252 valence electrons. The molecule has 5 heteroatoms. The highest BCUT2D eigenvalue weighted by atomic mass is 32.1. The molecule has 14 rings (SSSR count). The number of imidazole rings is 1. The van der Waals surface area contributed by atoms with E-state index in [-0.39, 0.29) is 23.6 Å². The fourth-order valence-corrected chi connectivity index (χ4v) is 13.7. The standard InChI is InChI=1S/C48H35BN2OS/c1-24-21-34-42-35(22-24)52-45-40-27-12-6-9-15-31(27)48(40)30-14-8-5-11-26(30)39(48)43(45)49(42)41-29-18-20-37-38(28-13-7-10-16-36(28)53-37)44(29)51-33-23-25(47(2,3)4)17-19-32(33)50(34)46(41)51/h5-23,39-40,43,45H,1-4H3. The Bertz CT molecular complexity index is 3210. The Morgan fingerprint density at radius 1 is 0.717 bits per heavy atom. The number of rotatable bonds is 0. The highest BCUT2D eigenvalue weighted by molar-refractivity contribution is 7.26. The van der Waals surface area contributed by atoms with Crippen LogP contribution in [0, 0.1) is 6.92 Å². The summed E-state index contributed by atoms with van der Waals surface area (Å²) < 4.78 is 15.5. The quantitative estimate of drug-likeness (QED) is 0.144. The molecule has 1 spiro atoms. The molecule has 53 heavy (non-hydrogen) atoms. The summed E-state index contributed by atoms with van der Waals surface area (Å²) in [7, 11) is 0. The predicted octanol–water partition coefficient (Wildman–Crippen LogP) is 10.3. The summed E-state index contributed by atoms with van der Waals surface area (Å²) in [5.74, 6) is 2.14. The minimum atomic E-state index is 0.0109. The fraction of sp³-hybridized carbons (Fsp3) is 0.208. The zero-order valence-electron chi connectivity index (χ0n) is 30.1. The van der Waals surface area contributed by atoms with Gasteiger partial charge in [-0.2, -0.15) is 0 Å². The molecule has 2 aliphatic heterocycles. The number of hydrogen-bond donors (Lipinski definition) is 0. The van der Waals surface area contributed by atoms with Crippen LogP contribution < -0.4 is 15.7 Å². The summed E-state index contributed by atoms with van der Waals surface area (Å²) in [4.78, 5) is 0. The maximum atomic E-state index is 7.53. The Morgan fingerprint density at radius 3 is 2.28 bits per heavy atom. The van der Waals surface area contributed by atoms with Crippen LogP contribution in [0.3, 0.4) is 0 Å². The lowest BCUT2D eigenvalue weighted by atomic mass is 9.28. The second-order valence-corrected chi connectivity index (χ2v) is 18.7. The number of nitrogens with zero attached hydrogens (tertiary/aromatic N) is 2. The summed E-state index contributed by atoms with van der Waals surface area (Å²) in [6.45, 7) is 9.46. The van der Waals surface area contributed by atoms with Crippen LogP contribution in [0.25, 0.3) is 53.4 Å². The van der Waals surface area contributed by atoms with E-state index in [0.29, 0.717) is 17.7 Å². The third-order valence-corrected chi connectivity index (χ3v) is 15.5. The lowest BCUT2D eigenvalue weighted by Gasteiger charge is -2.59. The van der Waals surface area contributed by atoms with Gasteiger partial charge in [-0.1, -0.05) is 99.6 Å². The predicted molar refractivity (Wildman–Crippen MR) is 220 cm³/mol. The van der Waals surface area contributed by atoms with E-state index in [1.807, 2.05) is 11.3 Å². The van der Waals surface area contributed by atoms with Gasteiger partial charge >= 0.3 is 0 Å². The van der Waals surface area contributed by atoms with E-state index in [0.717, 1.165) is 5.75 Å². The summed E-state index contributed by atoms with van der Waals surface area (Å²) in [6.07, 6.45) is 0.0913. The zero-order valence-corrected chi connectivity index (χ0v) is 30.9. The molecule has 5 atom stereocenters. The van der Waals surface area contributed by atoms with E-state index in [2.05, 4.69) is 152 Å². The first-order valence-electron chi connectivity index (χ1n) is 19.3. The lowest BCUT2D eigenvalue weighted by molar-refractivity contribution is 0.162. The van der Waals surface area contributed by atoms with Gasteiger partial charge in [-0.15, -0.1) is 11.3 Å². The number of ether oxygens (including phenoxy) is 1. The minimum absolute atomic E-state index is 0.0109. The maximum Gasteiger partial charge on any atom is 0.230 e. The minimum Gasteiger partial charge on any atom is -0.491 e. The van der Waals surface area contributed by atoms with E-state index < -0.39 is 0 Å². The average Bonchev–Trinajstić information content (AvgIpc) is 3.84. The molecule has 6 aromatic carbocycles. The molecule has 0 radical (unpaired) electrons. The van der Waals surface area contributed by atoms with E-state index >= 15 is 0 Å². The Balaban J connectivity index is 1.18. The molecular formula is C48H35BN2OS. The van der Waals surface area contributed by atoms with Crippen LogP contribution in [0.4, 0.5) is 0 Å². The first-order valence-corrected chi connectivity index (χ1v) is 20.1. The second kappa shape index (κ2) is 8.75. The van der Waals surface area contributed by atoms with Crippen molar-refractivity contribution in [1.29, 1.82) is 0 Å². The third kappa shape index (κ3) is 2.90. The molecular weight excluding hydrogens is 663 g/mol. The van der Waals surface area contributed by atoms with Crippen LogP contribution >= 0.6 is 11.3 Å². The van der Waals surface area contributed by atoms with Crippen molar-refractivity contribution in [2.24, 2.45) is 0 Å². The van der Waals surface area contributed by atoms with Gasteiger partial charge in [0.25, 0.3) is 0 Å². The fourth-order valence-electron chi connectivity index (χ4n) is 12.6. The monoisotopic (exact) mass is 698 g/mol. The van der Waals surface area contributed by atoms with Crippen LogP contribution in [-0.4, -0.2) is 21.8 Å². The molecule has 1 fully saturated rings. The normalized spacial score (nSPS) is 24.0. The number of aryl methyl sites for hydroxylation is 1. The van der Waals surface area contributed by atoms with Gasteiger partial charge in [-0.3, -0.25) is 8.97 Å². The van der Waals surface area contributed by atoms with Crippen LogP contribution in [0.2, 0.25) is 5.82 Å². The van der Waals surface area contributed by atoms with Crippen molar-refractivity contribution >= 4 is 76.7 Å². The zero-order chi connectivity index (χ0) is 34.9. The van der Waals surface area contributed by atoms with Crippen LogP contribution in [0.5, 0.6) is 5.75 Å². The van der Waals surface area contributed by atoms with Crippen LogP contribution in [0.15, 0.2) is 115 Å². The Morgan fingerprint density at radius 2 is 1.47 bits per heavy atom. The highest BCUT2D eigenvalue weighted by Gasteiger charge is 2.77. The molecule has 5 unspecified atom stereocenters. The number of fused-ring (bicyclic) bond motifs is 20. The first-order chi connectivity index (χ1) is 25.9. The maximum absolute atomic E-state index is 7.53. The second-order valence-electron chi connectivity index (χ2n) is 17.6. The Labute approximate surface area is 311 Å². The van der Waals surface area contributed by atoms with Crippen molar-refractivity contribution in [3.05, 3.63) is 149 Å². The SMILES string of the molecule is Cc1cc2c3c(c1)-n1c4ccc(C(C)(C)C)cc4n4c5c(ccc6sc7ccccc7c65)c(c14)B3C1C(O2)C2c3ccccc3C23c2ccccc2C13. The third-order valence-electron chi connectivity index (χ3n) is 14.3. The smallest absolute Gasteiger partial charge is 0.230 e. The molecule has 0 saturated heterocycles. The van der Waals surface area contributed by atoms with Crippen LogP contribution in [0.1, 0.15) is 66.0 Å². The molecule has 0 bridgehead atoms. The van der Waals surface area contributed by atoms with Crippen molar-refractivity contribution in [2.45, 2.75) is 62.3 Å². The number of hydrogen-bond acceptors (Lipinski definition) is 2. The van der Waals surface area contributed by atoms with Crippen LogP contribution in [-0.2, 0) is 10.8 Å². The molecule has 3 nitrogen and oxygen atoms in total. The van der Waals surface area contributed by atoms with Gasteiger partial charge in [0.2, 0.25) is 6.71 Å². The van der Waals surface area contributed by atoms with Gasteiger partial charge in [0.1, 0.15) is 17.5 Å². The number of benzene rings is 6. The molecule has 5 heterocycles. The Hall–Kier alpha value is -5.26. The lowest BCUT2D eigenvalue weighted by Crippen LogP contribution is -2.58. The van der Waals surface area contributed by atoms with Crippen molar-refractivity contribution < 1.29 is 4.74 Å². The highest BCUT2D eigenvalue weighted by Crippen LogP contribution is 2.80. The summed E-state index contributed by atoms with van der Waals surface area (Å²) >= 11 is 1.92. The molecule has 3 aliphatic carbocycles. The van der Waals surface area contributed by atoms with E-state index in [9.17, 15) is 0 Å². The van der Waals surface area contributed by atoms with Gasteiger partial charge in [-0.05, 0) is 110 Å². The molecule has 0 N–H and O–H groups in total. The molecule has 5 aliphatic rings. The summed E-state index contributed by atoms with van der Waals surface area (Å²) in [6, 6.07) is 44.7. The molecule has 9 aromatic rings. The largest absolute Gasteiger partial charge is 0.491 e. The van der Waals surface area contributed by atoms with Crippen molar-refractivity contribution in [2.75, 3.05) is 0 Å². The number of aromatic nitrogens is 2. The molecule has 0 amide bonds. The summed E-state index contributed by atoms with van der Waals surface area (Å²) in [5, 5.41) is 4.14. The van der Waals surface area contributed by atoms with Gasteiger partial charge < -0.3 is 4.74 Å². The van der Waals surface area contributed by atoms with Crippen molar-refractivity contribution in [1.82, 2.24) is 8.97 Å². The van der Waals surface area contributed by atoms with E-state index in [4.69, 9.17) is 4.74 Å². The van der Waals surface area contributed by atoms with Gasteiger partial charge in [0.15, 0.2) is 0 Å². The van der Waals surface area contributed by atoms with E-state index in [1.165, 1.54) is 97.7 Å². The Kier molecular flexibility index (Phi) is 4.67. The van der Waals surface area contributed by atoms with Crippen molar-refractivity contribution in [3.8, 4) is 11.4 Å². The summed E-state index contributed by atoms with van der Waals surface area (Å²) in [5.41, 5.74) is 18.2. The van der Waals surface area contributed by atoms with Gasteiger partial charge in [0.05, 0.1) is 16.6 Å². The first kappa shape index (κ1) is 28.3. The molecule has 3 aromatic heterocycles. The van der Waals surface area contributed by atoms with Crippen molar-refractivity contribution in [3.63, 3.8) is 0 Å². The molecule has 1 saturated carbocycles. The van der Waals surface area contributed by atoms with Gasteiger partial charge in [0, 0.05) is 37.2 Å². The topological polar surface area (TPSA) is 18.6 Å². The van der Waals surface area contributed by atoms with E-state index in [1.54, 1.807) is 0 Å². The number of thiophene rings is 1. The van der Waals surface area contributed by atoms with Gasteiger partial charge in [-0.25, -0.2) is 0 Å². The average molecular weight is 699 g/mol.